The molecule has 2 aliphatic rings. The van der Waals surface area contributed by atoms with Crippen LogP contribution in [0.3, 0.4) is 0 Å². The van der Waals surface area contributed by atoms with Gasteiger partial charge in [-0.15, -0.1) is 0 Å². The predicted molar refractivity (Wildman–Crippen MR) is 124 cm³/mol. The fourth-order valence-electron chi connectivity index (χ4n) is 4.21. The summed E-state index contributed by atoms with van der Waals surface area (Å²) in [6, 6.07) is 24.3. The van der Waals surface area contributed by atoms with E-state index in [0.29, 0.717) is 13.1 Å². The highest BCUT2D eigenvalue weighted by Gasteiger charge is 2.38. The molecule has 2 aliphatic heterocycles. The predicted octanol–water partition coefficient (Wildman–Crippen LogP) is 6.20. The van der Waals surface area contributed by atoms with E-state index in [4.69, 9.17) is 4.74 Å². The first kappa shape index (κ1) is 19.1. The number of hydrogen-bond donors (Lipinski definition) is 0. The molecule has 0 unspecified atom stereocenters. The zero-order valence-electron chi connectivity index (χ0n) is 16.6. The van der Waals surface area contributed by atoms with Gasteiger partial charge in [0, 0.05) is 41.5 Å². The van der Waals surface area contributed by atoms with E-state index in [9.17, 15) is 4.79 Å². The van der Waals surface area contributed by atoms with Crippen LogP contribution in [0.1, 0.15) is 28.8 Å². The number of amides is 1. The van der Waals surface area contributed by atoms with Gasteiger partial charge in [0.25, 0.3) is 5.91 Å². The van der Waals surface area contributed by atoms with Crippen molar-refractivity contribution in [1.82, 2.24) is 4.90 Å². The van der Waals surface area contributed by atoms with E-state index >= 15 is 0 Å². The average Bonchev–Trinajstić information content (AvgIpc) is 2.80. The van der Waals surface area contributed by atoms with E-state index in [1.165, 1.54) is 11.1 Å². The van der Waals surface area contributed by atoms with E-state index in [0.717, 1.165) is 34.2 Å². The Kier molecular flexibility index (Phi) is 4.95. The molecule has 0 aliphatic carbocycles. The lowest BCUT2D eigenvalue weighted by molar-refractivity contribution is 0.0329. The molecule has 5 rings (SSSR count). The minimum absolute atomic E-state index is 0.0880. The first-order valence-electron chi connectivity index (χ1n) is 10.2. The van der Waals surface area contributed by atoms with Crippen molar-refractivity contribution >= 4 is 27.9 Å². The van der Waals surface area contributed by atoms with Gasteiger partial charge in [0.15, 0.2) is 0 Å². The van der Waals surface area contributed by atoms with Gasteiger partial charge in [-0.25, -0.2) is 0 Å². The Labute approximate surface area is 185 Å². The molecule has 1 saturated heterocycles. The Hall–Kier alpha value is -2.85. The highest BCUT2D eigenvalue weighted by atomic mass is 79.9. The van der Waals surface area contributed by atoms with Crippen molar-refractivity contribution in [3.8, 4) is 16.9 Å². The molecule has 0 radical (unpaired) electrons. The highest BCUT2D eigenvalue weighted by molar-refractivity contribution is 9.10. The van der Waals surface area contributed by atoms with Crippen molar-refractivity contribution in [2.75, 3.05) is 13.1 Å². The van der Waals surface area contributed by atoms with E-state index in [2.05, 4.69) is 70.5 Å². The number of likely N-dealkylation sites (tertiary alicyclic amines) is 1. The van der Waals surface area contributed by atoms with Crippen LogP contribution in [0.25, 0.3) is 17.2 Å². The molecule has 0 aromatic heterocycles. The smallest absolute Gasteiger partial charge is 0.253 e. The highest BCUT2D eigenvalue weighted by Crippen LogP contribution is 2.39. The van der Waals surface area contributed by atoms with E-state index in [-0.39, 0.29) is 11.5 Å². The van der Waals surface area contributed by atoms with Gasteiger partial charge in [0.05, 0.1) is 0 Å². The minimum atomic E-state index is -0.322. The average molecular weight is 460 g/mol. The van der Waals surface area contributed by atoms with Gasteiger partial charge in [-0.05, 0) is 53.6 Å². The number of piperidine rings is 1. The molecule has 3 aromatic carbocycles. The molecular formula is C26H22BrNO2. The number of ether oxygens (including phenoxy) is 1. The van der Waals surface area contributed by atoms with Crippen LogP contribution >= 0.6 is 15.9 Å². The molecule has 30 heavy (non-hydrogen) atoms. The summed E-state index contributed by atoms with van der Waals surface area (Å²) in [6.45, 7) is 1.38. The van der Waals surface area contributed by atoms with Crippen LogP contribution in [0.15, 0.2) is 83.3 Å². The molecule has 4 heteroatoms. The number of fused-ring (bicyclic) bond motifs is 1. The van der Waals surface area contributed by atoms with Gasteiger partial charge < -0.3 is 9.64 Å². The van der Waals surface area contributed by atoms with Gasteiger partial charge in [-0.3, -0.25) is 4.79 Å². The van der Waals surface area contributed by atoms with Crippen molar-refractivity contribution < 1.29 is 9.53 Å². The molecule has 3 nitrogen and oxygen atoms in total. The molecule has 0 atom stereocenters. The largest absolute Gasteiger partial charge is 0.482 e. The second-order valence-corrected chi connectivity index (χ2v) is 8.83. The quantitative estimate of drug-likeness (QED) is 0.456. The Morgan fingerprint density at radius 3 is 2.37 bits per heavy atom. The zero-order valence-corrected chi connectivity index (χ0v) is 18.1. The van der Waals surface area contributed by atoms with Crippen molar-refractivity contribution in [3.05, 3.63) is 94.5 Å². The lowest BCUT2D eigenvalue weighted by Crippen LogP contribution is -2.49. The summed E-state index contributed by atoms with van der Waals surface area (Å²) >= 11 is 3.42. The second-order valence-electron chi connectivity index (χ2n) is 7.92. The number of carbonyl (C=O) groups excluding carboxylic acids is 1. The summed E-state index contributed by atoms with van der Waals surface area (Å²) in [4.78, 5) is 14.7. The summed E-state index contributed by atoms with van der Waals surface area (Å²) in [6.07, 6.45) is 5.96. The molecule has 150 valence electrons. The second kappa shape index (κ2) is 7.77. The Morgan fingerprint density at radius 1 is 0.900 bits per heavy atom. The lowest BCUT2D eigenvalue weighted by Gasteiger charge is -2.42. The van der Waals surface area contributed by atoms with Crippen LogP contribution in [-0.2, 0) is 0 Å². The number of benzene rings is 3. The monoisotopic (exact) mass is 459 g/mol. The molecule has 0 N–H and O–H groups in total. The van der Waals surface area contributed by atoms with Crippen LogP contribution in [0.4, 0.5) is 0 Å². The van der Waals surface area contributed by atoms with Gasteiger partial charge in [0.1, 0.15) is 11.4 Å². The summed E-state index contributed by atoms with van der Waals surface area (Å²) in [5.41, 5.74) is 3.91. The normalized spacial score (nSPS) is 16.8. The van der Waals surface area contributed by atoms with Crippen LogP contribution in [-0.4, -0.2) is 29.5 Å². The summed E-state index contributed by atoms with van der Waals surface area (Å²) < 4.78 is 7.45. The maximum Gasteiger partial charge on any atom is 0.253 e. The third kappa shape index (κ3) is 3.68. The first-order valence-corrected chi connectivity index (χ1v) is 11.0. The molecular weight excluding hydrogens is 438 g/mol. The van der Waals surface area contributed by atoms with Crippen LogP contribution < -0.4 is 4.74 Å². The zero-order chi connectivity index (χ0) is 20.6. The summed E-state index contributed by atoms with van der Waals surface area (Å²) in [5, 5.41) is 0. The maximum absolute atomic E-state index is 12.8. The van der Waals surface area contributed by atoms with Crippen molar-refractivity contribution in [3.63, 3.8) is 0 Å². The van der Waals surface area contributed by atoms with E-state index in [1.807, 2.05) is 35.2 Å². The van der Waals surface area contributed by atoms with Crippen molar-refractivity contribution in [1.29, 1.82) is 0 Å². The molecule has 0 saturated carbocycles. The van der Waals surface area contributed by atoms with Gasteiger partial charge in [0.2, 0.25) is 0 Å². The van der Waals surface area contributed by atoms with Gasteiger partial charge in [-0.2, -0.15) is 0 Å². The number of carbonyl (C=O) groups is 1. The number of rotatable bonds is 2. The van der Waals surface area contributed by atoms with Gasteiger partial charge >= 0.3 is 0 Å². The maximum atomic E-state index is 12.8. The van der Waals surface area contributed by atoms with Crippen molar-refractivity contribution in [2.45, 2.75) is 18.4 Å². The van der Waals surface area contributed by atoms with E-state index < -0.39 is 0 Å². The van der Waals surface area contributed by atoms with Crippen LogP contribution in [0.2, 0.25) is 0 Å². The van der Waals surface area contributed by atoms with Crippen LogP contribution in [0, 0.1) is 0 Å². The fourth-order valence-corrected chi connectivity index (χ4v) is 4.47. The Bertz CT molecular complexity index is 1100. The number of nitrogens with zero attached hydrogens (tertiary/aromatic N) is 1. The third-order valence-corrected chi connectivity index (χ3v) is 6.51. The minimum Gasteiger partial charge on any atom is -0.482 e. The Balaban J connectivity index is 1.29. The molecule has 1 amide bonds. The number of hydrogen-bond acceptors (Lipinski definition) is 2. The SMILES string of the molecule is O=C(c1ccc(Br)cc1)N1CCC2(C=Cc3cc(-c4ccccc4)ccc3O2)CC1. The first-order chi connectivity index (χ1) is 14.6. The van der Waals surface area contributed by atoms with Gasteiger partial charge in [-0.1, -0.05) is 58.4 Å². The van der Waals surface area contributed by atoms with E-state index in [1.54, 1.807) is 0 Å². The standard InChI is InChI=1S/C26H22BrNO2/c27-23-9-6-20(7-10-23)25(29)28-16-14-26(15-17-28)13-12-22-18-21(8-11-24(22)30-26)19-4-2-1-3-5-19/h1-13,18H,14-17H2. The summed E-state index contributed by atoms with van der Waals surface area (Å²) in [7, 11) is 0. The molecule has 0 bridgehead atoms. The van der Waals surface area contributed by atoms with Crippen molar-refractivity contribution in [2.24, 2.45) is 0 Å². The summed E-state index contributed by atoms with van der Waals surface area (Å²) in [5.74, 6) is 1.01. The van der Waals surface area contributed by atoms with Crippen LogP contribution in [0.5, 0.6) is 5.75 Å². The topological polar surface area (TPSA) is 29.5 Å². The fraction of sp³-hybridized carbons (Fsp3) is 0.192. The lowest BCUT2D eigenvalue weighted by atomic mass is 9.87. The Morgan fingerprint density at radius 2 is 1.63 bits per heavy atom. The molecule has 3 aromatic rings. The number of halogens is 1. The molecule has 1 spiro atoms. The third-order valence-electron chi connectivity index (χ3n) is 5.98. The molecule has 1 fully saturated rings. The molecule has 2 heterocycles.